The van der Waals surface area contributed by atoms with E-state index in [9.17, 15) is 4.79 Å². The summed E-state index contributed by atoms with van der Waals surface area (Å²) in [6.07, 6.45) is 0.431. The number of aromatic nitrogens is 2. The fourth-order valence-electron chi connectivity index (χ4n) is 1.59. The lowest BCUT2D eigenvalue weighted by Crippen LogP contribution is -2.04. The molecular formula is C14H16N2O4. The normalized spacial score (nSPS) is 10.3. The molecule has 0 atom stereocenters. The Hall–Kier alpha value is -2.37. The molecule has 1 heterocycles. The van der Waals surface area contributed by atoms with Gasteiger partial charge >= 0.3 is 11.9 Å². The number of benzene rings is 1. The fourth-order valence-corrected chi connectivity index (χ4v) is 1.59. The minimum atomic E-state index is -0.606. The van der Waals surface area contributed by atoms with E-state index in [1.807, 2.05) is 31.2 Å². The molecule has 0 bridgehead atoms. The zero-order chi connectivity index (χ0) is 14.4. The maximum Gasteiger partial charge on any atom is 0.396 e. The minimum absolute atomic E-state index is 0.127. The van der Waals surface area contributed by atoms with Gasteiger partial charge in [-0.25, -0.2) is 4.79 Å². The lowest BCUT2D eigenvalue weighted by molar-refractivity contribution is 0.0478. The first-order valence-corrected chi connectivity index (χ1v) is 6.38. The van der Waals surface area contributed by atoms with Gasteiger partial charge in [0.25, 0.3) is 0 Å². The first-order chi connectivity index (χ1) is 9.69. The first kappa shape index (κ1) is 14.0. The lowest BCUT2D eigenvalue weighted by atomic mass is 10.2. The van der Waals surface area contributed by atoms with Gasteiger partial charge in [0, 0.05) is 0 Å². The van der Waals surface area contributed by atoms with Gasteiger partial charge in [-0.2, -0.15) is 0 Å². The highest BCUT2D eigenvalue weighted by atomic mass is 16.5. The third-order valence-corrected chi connectivity index (χ3v) is 2.49. The molecule has 0 amide bonds. The van der Waals surface area contributed by atoms with Crippen molar-refractivity contribution in [2.75, 3.05) is 13.2 Å². The smallest absolute Gasteiger partial charge is 0.396 e. The molecule has 0 fully saturated rings. The number of rotatable bonds is 6. The summed E-state index contributed by atoms with van der Waals surface area (Å²) in [6.45, 7) is 4.38. The van der Waals surface area contributed by atoms with Crippen LogP contribution in [0.1, 0.15) is 29.1 Å². The van der Waals surface area contributed by atoms with Crippen molar-refractivity contribution in [1.82, 2.24) is 10.2 Å². The van der Waals surface area contributed by atoms with Gasteiger partial charge < -0.3 is 13.9 Å². The maximum atomic E-state index is 11.3. The van der Waals surface area contributed by atoms with Gasteiger partial charge in [-0.3, -0.25) is 0 Å². The average molecular weight is 276 g/mol. The van der Waals surface area contributed by atoms with Crippen LogP contribution in [0.4, 0.5) is 0 Å². The predicted molar refractivity (Wildman–Crippen MR) is 70.6 cm³/mol. The fraction of sp³-hybridized carbons (Fsp3) is 0.357. The summed E-state index contributed by atoms with van der Waals surface area (Å²) in [6, 6.07) is 7.75. The molecule has 20 heavy (non-hydrogen) atoms. The minimum Gasteiger partial charge on any atom is -0.493 e. The molecule has 0 spiro atoms. The Morgan fingerprint density at radius 2 is 2.20 bits per heavy atom. The van der Waals surface area contributed by atoms with Crippen molar-refractivity contribution in [3.63, 3.8) is 0 Å². The number of ether oxygens (including phenoxy) is 2. The van der Waals surface area contributed by atoms with Crippen LogP contribution in [0.5, 0.6) is 5.75 Å². The number of nitrogens with zero attached hydrogens (tertiary/aromatic N) is 2. The molecule has 0 saturated carbocycles. The molecule has 0 N–H and O–H groups in total. The van der Waals surface area contributed by atoms with E-state index < -0.39 is 5.97 Å². The second-order valence-electron chi connectivity index (χ2n) is 4.14. The summed E-state index contributed by atoms with van der Waals surface area (Å²) in [7, 11) is 0. The first-order valence-electron chi connectivity index (χ1n) is 6.38. The quantitative estimate of drug-likeness (QED) is 0.753. The van der Waals surface area contributed by atoms with Crippen LogP contribution in [0, 0.1) is 6.92 Å². The number of carbonyl (C=O) groups is 1. The molecule has 6 heteroatoms. The molecule has 6 nitrogen and oxygen atoms in total. The van der Waals surface area contributed by atoms with Crippen molar-refractivity contribution in [3.8, 4) is 5.75 Å². The molecule has 0 aliphatic rings. The van der Waals surface area contributed by atoms with Crippen molar-refractivity contribution < 1.29 is 18.7 Å². The number of carbonyl (C=O) groups excluding carboxylic acids is 1. The van der Waals surface area contributed by atoms with E-state index in [4.69, 9.17) is 13.9 Å². The van der Waals surface area contributed by atoms with Gasteiger partial charge in [0.2, 0.25) is 5.89 Å². The van der Waals surface area contributed by atoms with Gasteiger partial charge in [0.05, 0.1) is 19.6 Å². The van der Waals surface area contributed by atoms with Crippen LogP contribution in [-0.4, -0.2) is 29.4 Å². The Labute approximate surface area is 116 Å². The monoisotopic (exact) mass is 276 g/mol. The Bertz CT molecular complexity index is 580. The van der Waals surface area contributed by atoms with E-state index in [0.29, 0.717) is 18.9 Å². The molecule has 1 aromatic carbocycles. The highest BCUT2D eigenvalue weighted by Crippen LogP contribution is 2.12. The van der Waals surface area contributed by atoms with Crippen LogP contribution in [-0.2, 0) is 11.2 Å². The topological polar surface area (TPSA) is 74.5 Å². The third-order valence-electron chi connectivity index (χ3n) is 2.49. The van der Waals surface area contributed by atoms with E-state index in [1.165, 1.54) is 0 Å². The molecule has 1 aromatic heterocycles. The summed E-state index contributed by atoms with van der Waals surface area (Å²) in [5, 5.41) is 7.40. The zero-order valence-corrected chi connectivity index (χ0v) is 11.5. The number of hydrogen-bond donors (Lipinski definition) is 0. The van der Waals surface area contributed by atoms with Gasteiger partial charge in [0.15, 0.2) is 0 Å². The second kappa shape index (κ2) is 6.70. The van der Waals surface area contributed by atoms with E-state index in [-0.39, 0.29) is 12.5 Å². The van der Waals surface area contributed by atoms with Crippen LogP contribution in [0.2, 0.25) is 0 Å². The van der Waals surface area contributed by atoms with E-state index in [1.54, 1.807) is 6.92 Å². The maximum absolute atomic E-state index is 11.3. The molecule has 0 unspecified atom stereocenters. The molecular weight excluding hydrogens is 260 g/mol. The van der Waals surface area contributed by atoms with Crippen LogP contribution in [0.3, 0.4) is 0 Å². The summed E-state index contributed by atoms with van der Waals surface area (Å²) in [5.74, 6) is 0.402. The number of aryl methyl sites for hydroxylation is 1. The van der Waals surface area contributed by atoms with Crippen molar-refractivity contribution in [3.05, 3.63) is 41.6 Å². The number of esters is 1. The van der Waals surface area contributed by atoms with E-state index in [2.05, 4.69) is 10.2 Å². The summed E-state index contributed by atoms with van der Waals surface area (Å²) in [5.41, 5.74) is 1.13. The Balaban J connectivity index is 1.84. The standard InChI is InChI=1S/C14H16N2O4/c1-3-18-14(17)13-16-15-12(20-13)7-8-19-11-6-4-5-10(2)9-11/h4-6,9H,3,7-8H2,1-2H3. The van der Waals surface area contributed by atoms with E-state index in [0.717, 1.165) is 11.3 Å². The third kappa shape index (κ3) is 3.81. The van der Waals surface area contributed by atoms with Crippen molar-refractivity contribution in [2.24, 2.45) is 0 Å². The van der Waals surface area contributed by atoms with Crippen molar-refractivity contribution in [2.45, 2.75) is 20.3 Å². The van der Waals surface area contributed by atoms with Crippen LogP contribution >= 0.6 is 0 Å². The van der Waals surface area contributed by atoms with E-state index >= 15 is 0 Å². The van der Waals surface area contributed by atoms with Gasteiger partial charge in [-0.15, -0.1) is 10.2 Å². The average Bonchev–Trinajstić information content (AvgIpc) is 2.88. The molecule has 106 valence electrons. The van der Waals surface area contributed by atoms with Gasteiger partial charge in [-0.1, -0.05) is 12.1 Å². The lowest BCUT2D eigenvalue weighted by Gasteiger charge is -2.04. The van der Waals surface area contributed by atoms with Crippen LogP contribution in [0.15, 0.2) is 28.7 Å². The molecule has 2 rings (SSSR count). The largest absolute Gasteiger partial charge is 0.493 e. The SMILES string of the molecule is CCOC(=O)c1nnc(CCOc2cccc(C)c2)o1. The Morgan fingerprint density at radius 1 is 1.35 bits per heavy atom. The molecule has 0 aliphatic carbocycles. The Kier molecular flexibility index (Phi) is 4.70. The molecule has 0 aliphatic heterocycles. The zero-order valence-electron chi connectivity index (χ0n) is 11.5. The van der Waals surface area contributed by atoms with Crippen LogP contribution < -0.4 is 4.74 Å². The predicted octanol–water partition coefficient (Wildman–Crippen LogP) is 2.18. The summed E-state index contributed by atoms with van der Waals surface area (Å²) < 4.78 is 15.5. The highest BCUT2D eigenvalue weighted by Gasteiger charge is 2.15. The molecule has 0 saturated heterocycles. The van der Waals surface area contributed by atoms with Gasteiger partial charge in [0.1, 0.15) is 5.75 Å². The number of hydrogen-bond acceptors (Lipinski definition) is 6. The Morgan fingerprint density at radius 3 is 2.95 bits per heavy atom. The second-order valence-corrected chi connectivity index (χ2v) is 4.14. The van der Waals surface area contributed by atoms with Crippen molar-refractivity contribution in [1.29, 1.82) is 0 Å². The molecule has 0 radical (unpaired) electrons. The summed E-state index contributed by atoms with van der Waals surface area (Å²) in [4.78, 5) is 11.3. The van der Waals surface area contributed by atoms with Gasteiger partial charge in [-0.05, 0) is 31.5 Å². The summed E-state index contributed by atoms with van der Waals surface area (Å²) >= 11 is 0. The van der Waals surface area contributed by atoms with Crippen LogP contribution in [0.25, 0.3) is 0 Å². The molecule has 2 aromatic rings. The highest BCUT2D eigenvalue weighted by molar-refractivity contribution is 5.83. The van der Waals surface area contributed by atoms with Crippen molar-refractivity contribution >= 4 is 5.97 Å².